The molecule has 0 N–H and O–H groups in total. The van der Waals surface area contributed by atoms with Crippen molar-refractivity contribution in [1.82, 2.24) is 4.90 Å². The van der Waals surface area contributed by atoms with Gasteiger partial charge in [0.1, 0.15) is 0 Å². The number of carbonyl (C=O) groups is 1. The highest BCUT2D eigenvalue weighted by molar-refractivity contribution is 5.46. The third-order valence-electron chi connectivity index (χ3n) is 2.80. The molecule has 0 bridgehead atoms. The molecule has 0 aromatic heterocycles. The molecule has 0 atom stereocenters. The van der Waals surface area contributed by atoms with Gasteiger partial charge >= 0.3 is 0 Å². The Labute approximate surface area is 129 Å². The standard InChI is InChI=1S/C6H13NO2.C6H10.C6H6/c1-3-9-5-4-7(2)6-8;2*1-2-4-6-5-3-1/h6H,3-5H2,1-2H3;1-2H,3-6H2;1-6H. The summed E-state index contributed by atoms with van der Waals surface area (Å²) in [6.45, 7) is 3.96. The Kier molecular flexibility index (Phi) is 15.2. The van der Waals surface area contributed by atoms with Gasteiger partial charge in [-0.2, -0.15) is 0 Å². The van der Waals surface area contributed by atoms with Gasteiger partial charge in [0, 0.05) is 20.2 Å². The van der Waals surface area contributed by atoms with Crippen LogP contribution in [-0.2, 0) is 9.53 Å². The molecule has 0 spiro atoms. The second-order valence-corrected chi connectivity index (χ2v) is 4.69. The Morgan fingerprint density at radius 1 is 1.00 bits per heavy atom. The summed E-state index contributed by atoms with van der Waals surface area (Å²) in [4.78, 5) is 11.5. The van der Waals surface area contributed by atoms with E-state index in [0.29, 0.717) is 19.8 Å². The third-order valence-corrected chi connectivity index (χ3v) is 2.80. The number of likely N-dealkylation sites (N-methyl/N-ethyl adjacent to an activating group) is 1. The summed E-state index contributed by atoms with van der Waals surface area (Å²) >= 11 is 0. The first-order valence-corrected chi connectivity index (χ1v) is 7.69. The number of rotatable bonds is 5. The molecule has 1 aliphatic rings. The number of carbonyl (C=O) groups excluding carboxylic acids is 1. The minimum absolute atomic E-state index is 0.631. The maximum atomic E-state index is 9.97. The molecule has 118 valence electrons. The van der Waals surface area contributed by atoms with Crippen LogP contribution in [0.3, 0.4) is 0 Å². The Balaban J connectivity index is 0.000000293. The number of allylic oxidation sites excluding steroid dienone is 2. The quantitative estimate of drug-likeness (QED) is 0.467. The zero-order valence-electron chi connectivity index (χ0n) is 13.4. The van der Waals surface area contributed by atoms with Crippen LogP contribution in [0.5, 0.6) is 0 Å². The number of benzene rings is 1. The number of hydrogen-bond donors (Lipinski definition) is 0. The van der Waals surface area contributed by atoms with E-state index in [0.717, 1.165) is 6.41 Å². The second kappa shape index (κ2) is 16.4. The summed E-state index contributed by atoms with van der Waals surface area (Å²) in [5.41, 5.74) is 0. The molecule has 0 saturated carbocycles. The molecule has 21 heavy (non-hydrogen) atoms. The van der Waals surface area contributed by atoms with E-state index in [9.17, 15) is 4.79 Å². The molecule has 0 heterocycles. The first-order valence-electron chi connectivity index (χ1n) is 7.69. The van der Waals surface area contributed by atoms with E-state index in [1.54, 1.807) is 11.9 Å². The van der Waals surface area contributed by atoms with Crippen molar-refractivity contribution >= 4 is 6.41 Å². The molecule has 1 aliphatic carbocycles. The lowest BCUT2D eigenvalue weighted by Gasteiger charge is -2.08. The van der Waals surface area contributed by atoms with Gasteiger partial charge in [0.15, 0.2) is 0 Å². The van der Waals surface area contributed by atoms with Crippen LogP contribution in [-0.4, -0.2) is 38.1 Å². The minimum atomic E-state index is 0.631. The van der Waals surface area contributed by atoms with Crippen LogP contribution in [0.15, 0.2) is 48.6 Å². The van der Waals surface area contributed by atoms with Gasteiger partial charge in [0.05, 0.1) is 6.61 Å². The van der Waals surface area contributed by atoms with Gasteiger partial charge in [-0.3, -0.25) is 4.79 Å². The highest BCUT2D eigenvalue weighted by Gasteiger charge is 1.90. The molecule has 0 aliphatic heterocycles. The van der Waals surface area contributed by atoms with Gasteiger partial charge < -0.3 is 9.64 Å². The van der Waals surface area contributed by atoms with Crippen LogP contribution in [0, 0.1) is 0 Å². The average molecular weight is 291 g/mol. The van der Waals surface area contributed by atoms with E-state index < -0.39 is 0 Å². The predicted octanol–water partition coefficient (Wildman–Crippen LogP) is 3.91. The lowest BCUT2D eigenvalue weighted by atomic mass is 10.1. The van der Waals surface area contributed by atoms with Crippen molar-refractivity contribution in [2.24, 2.45) is 0 Å². The molecule has 1 aromatic carbocycles. The van der Waals surface area contributed by atoms with E-state index in [1.165, 1.54) is 25.7 Å². The largest absolute Gasteiger partial charge is 0.380 e. The van der Waals surface area contributed by atoms with Crippen molar-refractivity contribution in [2.45, 2.75) is 32.6 Å². The highest BCUT2D eigenvalue weighted by atomic mass is 16.5. The Morgan fingerprint density at radius 2 is 1.48 bits per heavy atom. The number of hydrogen-bond acceptors (Lipinski definition) is 2. The van der Waals surface area contributed by atoms with Crippen molar-refractivity contribution in [3.63, 3.8) is 0 Å². The molecule has 2 rings (SSSR count). The third kappa shape index (κ3) is 16.3. The number of ether oxygens (including phenoxy) is 1. The van der Waals surface area contributed by atoms with E-state index in [-0.39, 0.29) is 0 Å². The smallest absolute Gasteiger partial charge is 0.209 e. The predicted molar refractivity (Wildman–Crippen MR) is 89.2 cm³/mol. The minimum Gasteiger partial charge on any atom is -0.380 e. The van der Waals surface area contributed by atoms with Crippen molar-refractivity contribution in [3.8, 4) is 0 Å². The van der Waals surface area contributed by atoms with Crippen LogP contribution < -0.4 is 0 Å². The normalized spacial score (nSPS) is 12.3. The Morgan fingerprint density at radius 3 is 1.76 bits per heavy atom. The molecule has 0 unspecified atom stereocenters. The molecule has 0 radical (unpaired) electrons. The fraction of sp³-hybridized carbons (Fsp3) is 0.500. The van der Waals surface area contributed by atoms with Crippen LogP contribution >= 0.6 is 0 Å². The van der Waals surface area contributed by atoms with E-state index in [1.807, 2.05) is 43.3 Å². The number of nitrogens with zero attached hydrogens (tertiary/aromatic N) is 1. The monoisotopic (exact) mass is 291 g/mol. The molecular formula is C18H29NO2. The zero-order chi connectivity index (χ0) is 15.6. The summed E-state index contributed by atoms with van der Waals surface area (Å²) in [6.07, 6.45) is 10.8. The average Bonchev–Trinajstić information content (AvgIpc) is 2.59. The zero-order valence-corrected chi connectivity index (χ0v) is 13.4. The molecule has 1 amide bonds. The lowest BCUT2D eigenvalue weighted by molar-refractivity contribution is -0.117. The maximum Gasteiger partial charge on any atom is 0.209 e. The fourth-order valence-corrected chi connectivity index (χ4v) is 1.55. The van der Waals surface area contributed by atoms with Crippen LogP contribution in [0.2, 0.25) is 0 Å². The maximum absolute atomic E-state index is 9.97. The number of amides is 1. The molecule has 1 aromatic rings. The first kappa shape index (κ1) is 19.4. The summed E-state index contributed by atoms with van der Waals surface area (Å²) in [5, 5.41) is 0. The molecule has 0 saturated heterocycles. The molecule has 3 nitrogen and oxygen atoms in total. The lowest BCUT2D eigenvalue weighted by Crippen LogP contribution is -2.21. The highest BCUT2D eigenvalue weighted by Crippen LogP contribution is 2.07. The van der Waals surface area contributed by atoms with Crippen LogP contribution in [0.4, 0.5) is 0 Å². The van der Waals surface area contributed by atoms with Crippen molar-refractivity contribution < 1.29 is 9.53 Å². The van der Waals surface area contributed by atoms with Gasteiger partial charge in [0.25, 0.3) is 0 Å². The van der Waals surface area contributed by atoms with E-state index in [2.05, 4.69) is 12.2 Å². The van der Waals surface area contributed by atoms with Crippen molar-refractivity contribution in [3.05, 3.63) is 48.6 Å². The van der Waals surface area contributed by atoms with E-state index >= 15 is 0 Å². The van der Waals surface area contributed by atoms with Gasteiger partial charge in [-0.25, -0.2) is 0 Å². The summed E-state index contributed by atoms with van der Waals surface area (Å²) in [6, 6.07) is 12.0. The summed E-state index contributed by atoms with van der Waals surface area (Å²) < 4.78 is 5.01. The second-order valence-electron chi connectivity index (χ2n) is 4.69. The van der Waals surface area contributed by atoms with Crippen LogP contribution in [0.25, 0.3) is 0 Å². The summed E-state index contributed by atoms with van der Waals surface area (Å²) in [5.74, 6) is 0. The van der Waals surface area contributed by atoms with Gasteiger partial charge in [0.2, 0.25) is 6.41 Å². The summed E-state index contributed by atoms with van der Waals surface area (Å²) in [7, 11) is 1.73. The van der Waals surface area contributed by atoms with Crippen molar-refractivity contribution in [2.75, 3.05) is 26.8 Å². The van der Waals surface area contributed by atoms with Gasteiger partial charge in [-0.1, -0.05) is 48.6 Å². The Bertz CT molecular complexity index is 304. The Hall–Kier alpha value is -1.61. The van der Waals surface area contributed by atoms with Gasteiger partial charge in [-0.15, -0.1) is 0 Å². The van der Waals surface area contributed by atoms with E-state index in [4.69, 9.17) is 4.74 Å². The molecule has 0 fully saturated rings. The first-order chi connectivity index (χ1) is 10.3. The van der Waals surface area contributed by atoms with Crippen molar-refractivity contribution in [1.29, 1.82) is 0 Å². The molecule has 3 heteroatoms. The fourth-order valence-electron chi connectivity index (χ4n) is 1.55. The topological polar surface area (TPSA) is 29.5 Å². The van der Waals surface area contributed by atoms with Crippen LogP contribution in [0.1, 0.15) is 32.6 Å². The molecular weight excluding hydrogens is 262 g/mol. The SMILES string of the molecule is C1=CCCCC1.CCOCCN(C)C=O.c1ccccc1. The van der Waals surface area contributed by atoms with Gasteiger partial charge in [-0.05, 0) is 32.6 Å².